The third-order valence-electron chi connectivity index (χ3n) is 6.08. The van der Waals surface area contributed by atoms with E-state index in [9.17, 15) is 5.11 Å². The summed E-state index contributed by atoms with van der Waals surface area (Å²) < 4.78 is 5.31. The molecule has 20 heavy (non-hydrogen) atoms. The van der Waals surface area contributed by atoms with E-state index in [0.29, 0.717) is 0 Å². The second kappa shape index (κ2) is 4.49. The van der Waals surface area contributed by atoms with E-state index >= 15 is 0 Å². The Kier molecular flexibility index (Phi) is 2.85. The van der Waals surface area contributed by atoms with E-state index in [1.807, 2.05) is 18.2 Å². The van der Waals surface area contributed by atoms with Gasteiger partial charge in [0.2, 0.25) is 0 Å². The van der Waals surface area contributed by atoms with Gasteiger partial charge in [-0.05, 0) is 74.0 Å². The topological polar surface area (TPSA) is 29.5 Å². The average Bonchev–Trinajstić information content (AvgIpc) is 2.45. The molecule has 4 aliphatic carbocycles. The van der Waals surface area contributed by atoms with Gasteiger partial charge in [-0.2, -0.15) is 0 Å². The lowest BCUT2D eigenvalue weighted by atomic mass is 9.47. The summed E-state index contributed by atoms with van der Waals surface area (Å²) in [5.74, 6) is 3.48. The molecule has 2 nitrogen and oxygen atoms in total. The number of aliphatic hydroxyl groups is 1. The molecule has 1 atom stereocenters. The van der Waals surface area contributed by atoms with Crippen molar-refractivity contribution in [2.24, 2.45) is 23.2 Å². The van der Waals surface area contributed by atoms with Crippen molar-refractivity contribution in [2.75, 3.05) is 7.11 Å². The summed E-state index contributed by atoms with van der Waals surface area (Å²) in [6.07, 6.45) is 7.65. The molecule has 4 aliphatic rings. The van der Waals surface area contributed by atoms with Gasteiger partial charge in [0, 0.05) is 5.41 Å². The van der Waals surface area contributed by atoms with Gasteiger partial charge in [0.1, 0.15) is 5.75 Å². The monoisotopic (exact) mass is 272 g/mol. The van der Waals surface area contributed by atoms with E-state index in [4.69, 9.17) is 4.74 Å². The predicted octanol–water partition coefficient (Wildman–Crippen LogP) is 3.95. The maximum atomic E-state index is 11.1. The molecule has 5 rings (SSSR count). The molecule has 1 aromatic carbocycles. The Morgan fingerprint density at radius 3 is 2.25 bits per heavy atom. The number of benzene rings is 1. The molecule has 2 heteroatoms. The van der Waals surface area contributed by atoms with Crippen molar-refractivity contribution >= 4 is 0 Å². The first-order chi connectivity index (χ1) is 9.68. The van der Waals surface area contributed by atoms with Crippen LogP contribution in [0.1, 0.15) is 50.2 Å². The number of ether oxygens (including phenoxy) is 1. The maximum absolute atomic E-state index is 11.1. The van der Waals surface area contributed by atoms with Crippen LogP contribution >= 0.6 is 0 Å². The summed E-state index contributed by atoms with van der Waals surface area (Å²) >= 11 is 0. The van der Waals surface area contributed by atoms with E-state index in [-0.39, 0.29) is 11.5 Å². The predicted molar refractivity (Wildman–Crippen MR) is 78.6 cm³/mol. The molecule has 1 aromatic rings. The lowest BCUT2D eigenvalue weighted by Crippen LogP contribution is -2.48. The number of rotatable bonds is 3. The van der Waals surface area contributed by atoms with E-state index < -0.39 is 0 Å². The van der Waals surface area contributed by atoms with E-state index in [1.54, 1.807) is 7.11 Å². The highest BCUT2D eigenvalue weighted by molar-refractivity contribution is 5.31. The Morgan fingerprint density at radius 2 is 1.70 bits per heavy atom. The van der Waals surface area contributed by atoms with Crippen LogP contribution in [-0.4, -0.2) is 12.2 Å². The molecular formula is C18H24O2. The van der Waals surface area contributed by atoms with Crippen LogP contribution in [0, 0.1) is 23.2 Å². The SMILES string of the molecule is COc1cccc(C(O)C23CC4CC(CC(C4)C2)C3)c1. The second-order valence-electron chi connectivity index (χ2n) is 7.46. The van der Waals surface area contributed by atoms with Gasteiger partial charge in [-0.3, -0.25) is 0 Å². The van der Waals surface area contributed by atoms with Gasteiger partial charge >= 0.3 is 0 Å². The lowest BCUT2D eigenvalue weighted by molar-refractivity contribution is -0.122. The van der Waals surface area contributed by atoms with Crippen molar-refractivity contribution in [2.45, 2.75) is 44.6 Å². The second-order valence-corrected chi connectivity index (χ2v) is 7.46. The molecule has 0 radical (unpaired) electrons. The Hall–Kier alpha value is -1.02. The smallest absolute Gasteiger partial charge is 0.119 e. The first-order valence-electron chi connectivity index (χ1n) is 8.00. The highest BCUT2D eigenvalue weighted by Crippen LogP contribution is 2.64. The van der Waals surface area contributed by atoms with Gasteiger partial charge in [0.25, 0.3) is 0 Å². The molecule has 4 bridgehead atoms. The Bertz CT molecular complexity index is 473. The molecule has 1 N–H and O–H groups in total. The van der Waals surface area contributed by atoms with Gasteiger partial charge in [-0.25, -0.2) is 0 Å². The highest BCUT2D eigenvalue weighted by Gasteiger charge is 2.54. The number of hydrogen-bond acceptors (Lipinski definition) is 2. The molecule has 0 saturated heterocycles. The molecule has 0 aliphatic heterocycles. The summed E-state index contributed by atoms with van der Waals surface area (Å²) in [7, 11) is 1.69. The normalized spacial score (nSPS) is 39.8. The molecule has 0 aromatic heterocycles. The van der Waals surface area contributed by atoms with Crippen molar-refractivity contribution in [1.29, 1.82) is 0 Å². The third kappa shape index (κ3) is 1.88. The third-order valence-corrected chi connectivity index (χ3v) is 6.08. The fourth-order valence-corrected chi connectivity index (χ4v) is 5.68. The minimum atomic E-state index is -0.314. The molecule has 0 heterocycles. The highest BCUT2D eigenvalue weighted by atomic mass is 16.5. The molecule has 0 spiro atoms. The van der Waals surface area contributed by atoms with E-state index in [1.165, 1.54) is 38.5 Å². The van der Waals surface area contributed by atoms with Crippen LogP contribution in [0.15, 0.2) is 24.3 Å². The Balaban J connectivity index is 1.65. The molecule has 1 unspecified atom stereocenters. The van der Waals surface area contributed by atoms with Crippen molar-refractivity contribution in [3.63, 3.8) is 0 Å². The zero-order chi connectivity index (χ0) is 13.7. The van der Waals surface area contributed by atoms with Gasteiger partial charge in [-0.15, -0.1) is 0 Å². The summed E-state index contributed by atoms with van der Waals surface area (Å²) in [6, 6.07) is 8.03. The van der Waals surface area contributed by atoms with E-state index in [0.717, 1.165) is 29.1 Å². The largest absolute Gasteiger partial charge is 0.497 e. The van der Waals surface area contributed by atoms with Crippen LogP contribution in [-0.2, 0) is 0 Å². The number of hydrogen-bond donors (Lipinski definition) is 1. The Morgan fingerprint density at radius 1 is 1.10 bits per heavy atom. The van der Waals surface area contributed by atoms with Crippen LogP contribution in [0.5, 0.6) is 5.75 Å². The number of methoxy groups -OCH3 is 1. The van der Waals surface area contributed by atoms with Crippen molar-refractivity contribution in [3.05, 3.63) is 29.8 Å². The summed E-state index contributed by atoms with van der Waals surface area (Å²) in [4.78, 5) is 0. The van der Waals surface area contributed by atoms with Gasteiger partial charge in [0.15, 0.2) is 0 Å². The standard InChI is InChI=1S/C18H24O2/c1-20-16-4-2-3-15(8-16)17(19)18-9-12-5-13(10-18)7-14(6-12)11-18/h2-4,8,12-14,17,19H,5-7,9-11H2,1H3. The minimum Gasteiger partial charge on any atom is -0.497 e. The summed E-state index contributed by atoms with van der Waals surface area (Å²) in [6.45, 7) is 0. The van der Waals surface area contributed by atoms with Crippen LogP contribution in [0.2, 0.25) is 0 Å². The fraction of sp³-hybridized carbons (Fsp3) is 0.667. The van der Waals surface area contributed by atoms with Crippen molar-refractivity contribution < 1.29 is 9.84 Å². The van der Waals surface area contributed by atoms with Crippen molar-refractivity contribution in [3.8, 4) is 5.75 Å². The summed E-state index contributed by atoms with van der Waals surface area (Å²) in [5, 5.41) is 11.1. The van der Waals surface area contributed by atoms with Gasteiger partial charge in [-0.1, -0.05) is 12.1 Å². The first kappa shape index (κ1) is 12.7. The number of aliphatic hydroxyl groups excluding tert-OH is 1. The Labute approximate surface area is 121 Å². The molecule has 4 saturated carbocycles. The molecule has 108 valence electrons. The van der Waals surface area contributed by atoms with Gasteiger partial charge in [0.05, 0.1) is 13.2 Å². The molecule has 4 fully saturated rings. The zero-order valence-electron chi connectivity index (χ0n) is 12.2. The van der Waals surface area contributed by atoms with E-state index in [2.05, 4.69) is 6.07 Å². The maximum Gasteiger partial charge on any atom is 0.119 e. The van der Waals surface area contributed by atoms with Crippen LogP contribution in [0.4, 0.5) is 0 Å². The van der Waals surface area contributed by atoms with Crippen LogP contribution < -0.4 is 4.74 Å². The molecular weight excluding hydrogens is 248 g/mol. The average molecular weight is 272 g/mol. The molecule has 0 amide bonds. The van der Waals surface area contributed by atoms with Crippen molar-refractivity contribution in [1.82, 2.24) is 0 Å². The van der Waals surface area contributed by atoms with Crippen LogP contribution in [0.3, 0.4) is 0 Å². The van der Waals surface area contributed by atoms with Crippen LogP contribution in [0.25, 0.3) is 0 Å². The fourth-order valence-electron chi connectivity index (χ4n) is 5.68. The lowest BCUT2D eigenvalue weighted by Gasteiger charge is -2.58. The minimum absolute atomic E-state index is 0.154. The summed E-state index contributed by atoms with van der Waals surface area (Å²) in [5.41, 5.74) is 1.20. The quantitative estimate of drug-likeness (QED) is 0.903. The zero-order valence-corrected chi connectivity index (χ0v) is 12.2. The first-order valence-corrected chi connectivity index (χ1v) is 8.00. The van der Waals surface area contributed by atoms with Gasteiger partial charge < -0.3 is 9.84 Å².